The van der Waals surface area contributed by atoms with Gasteiger partial charge in [-0.3, -0.25) is 15.0 Å². The smallest absolute Gasteiger partial charge is 0.269 e. The van der Waals surface area contributed by atoms with Crippen molar-refractivity contribution in [3.8, 4) is 0 Å². The second-order valence-electron chi connectivity index (χ2n) is 6.08. The number of rotatable bonds is 4. The second kappa shape index (κ2) is 4.93. The first-order chi connectivity index (χ1) is 9.13. The molecule has 4 nitrogen and oxygen atoms in total. The van der Waals surface area contributed by atoms with Gasteiger partial charge >= 0.3 is 0 Å². The highest BCUT2D eigenvalue weighted by Gasteiger charge is 2.41. The van der Waals surface area contributed by atoms with Crippen molar-refractivity contribution >= 4 is 5.69 Å². The average molecular weight is 260 g/mol. The molecule has 3 atom stereocenters. The zero-order valence-corrected chi connectivity index (χ0v) is 11.3. The van der Waals surface area contributed by atoms with E-state index in [1.54, 1.807) is 12.1 Å². The minimum absolute atomic E-state index is 0.173. The fourth-order valence-electron chi connectivity index (χ4n) is 3.88. The lowest BCUT2D eigenvalue weighted by molar-refractivity contribution is -0.384. The Balaban J connectivity index is 1.63. The van der Waals surface area contributed by atoms with Crippen LogP contribution in [0.3, 0.4) is 0 Å². The lowest BCUT2D eigenvalue weighted by Crippen LogP contribution is -2.35. The van der Waals surface area contributed by atoms with Crippen LogP contribution in [0, 0.1) is 22.0 Å². The van der Waals surface area contributed by atoms with E-state index < -0.39 is 0 Å². The van der Waals surface area contributed by atoms with E-state index in [-0.39, 0.29) is 10.6 Å². The average Bonchev–Trinajstić information content (AvgIpc) is 3.01. The molecule has 19 heavy (non-hydrogen) atoms. The highest BCUT2D eigenvalue weighted by molar-refractivity contribution is 5.32. The first kappa shape index (κ1) is 12.6. The van der Waals surface area contributed by atoms with Crippen molar-refractivity contribution < 1.29 is 4.92 Å². The third-order valence-corrected chi connectivity index (χ3v) is 4.85. The highest BCUT2D eigenvalue weighted by Crippen LogP contribution is 2.46. The molecule has 3 rings (SSSR count). The minimum Gasteiger partial charge on any atom is -0.299 e. The Kier molecular flexibility index (Phi) is 3.27. The van der Waals surface area contributed by atoms with Gasteiger partial charge in [0.1, 0.15) is 0 Å². The van der Waals surface area contributed by atoms with Crippen LogP contribution in [0.1, 0.15) is 31.2 Å². The van der Waals surface area contributed by atoms with Crippen molar-refractivity contribution in [1.82, 2.24) is 4.90 Å². The monoisotopic (exact) mass is 260 g/mol. The summed E-state index contributed by atoms with van der Waals surface area (Å²) in [5.74, 6) is 1.84. The molecule has 0 radical (unpaired) electrons. The van der Waals surface area contributed by atoms with Crippen molar-refractivity contribution in [3.63, 3.8) is 0 Å². The normalized spacial score (nSPS) is 29.1. The molecule has 0 heterocycles. The molecule has 1 aromatic carbocycles. The summed E-state index contributed by atoms with van der Waals surface area (Å²) in [5, 5.41) is 10.6. The number of hydrogen-bond donors (Lipinski definition) is 0. The van der Waals surface area contributed by atoms with Gasteiger partial charge in [-0.2, -0.15) is 0 Å². The molecule has 4 heteroatoms. The van der Waals surface area contributed by atoms with Crippen molar-refractivity contribution in [3.05, 3.63) is 39.9 Å². The number of nitrogens with zero attached hydrogens (tertiary/aromatic N) is 2. The molecule has 2 aliphatic rings. The summed E-state index contributed by atoms with van der Waals surface area (Å²) in [6.07, 6.45) is 5.57. The van der Waals surface area contributed by atoms with Crippen LogP contribution in [0.2, 0.25) is 0 Å². The molecular weight excluding hydrogens is 240 g/mol. The summed E-state index contributed by atoms with van der Waals surface area (Å²) < 4.78 is 0. The Morgan fingerprint density at radius 2 is 2.00 bits per heavy atom. The van der Waals surface area contributed by atoms with Crippen molar-refractivity contribution in [2.75, 3.05) is 7.05 Å². The van der Waals surface area contributed by atoms with Crippen LogP contribution in [-0.4, -0.2) is 22.9 Å². The van der Waals surface area contributed by atoms with Crippen LogP contribution >= 0.6 is 0 Å². The molecule has 102 valence electrons. The lowest BCUT2D eigenvalue weighted by Gasteiger charge is -2.31. The summed E-state index contributed by atoms with van der Waals surface area (Å²) >= 11 is 0. The number of nitro benzene ring substituents is 1. The Hall–Kier alpha value is -1.42. The zero-order valence-electron chi connectivity index (χ0n) is 11.3. The second-order valence-corrected chi connectivity index (χ2v) is 6.08. The maximum atomic E-state index is 10.6. The maximum absolute atomic E-state index is 10.6. The first-order valence-electron chi connectivity index (χ1n) is 7.07. The summed E-state index contributed by atoms with van der Waals surface area (Å²) in [6, 6.07) is 7.67. The van der Waals surface area contributed by atoms with E-state index in [1.165, 1.54) is 25.7 Å². The molecule has 2 saturated carbocycles. The summed E-state index contributed by atoms with van der Waals surface area (Å²) in [4.78, 5) is 12.7. The molecule has 2 bridgehead atoms. The van der Waals surface area contributed by atoms with Gasteiger partial charge < -0.3 is 0 Å². The van der Waals surface area contributed by atoms with Gasteiger partial charge in [0.2, 0.25) is 0 Å². The van der Waals surface area contributed by atoms with Gasteiger partial charge in [0.05, 0.1) is 4.92 Å². The number of nitro groups is 1. The van der Waals surface area contributed by atoms with Crippen molar-refractivity contribution in [1.29, 1.82) is 0 Å². The van der Waals surface area contributed by atoms with Gasteiger partial charge in [-0.05, 0) is 43.7 Å². The van der Waals surface area contributed by atoms with E-state index in [0.29, 0.717) is 6.04 Å². The van der Waals surface area contributed by atoms with Crippen LogP contribution in [0.5, 0.6) is 0 Å². The molecule has 1 aromatic rings. The van der Waals surface area contributed by atoms with E-state index in [9.17, 15) is 10.1 Å². The van der Waals surface area contributed by atoms with E-state index in [1.807, 2.05) is 12.1 Å². The van der Waals surface area contributed by atoms with Crippen molar-refractivity contribution in [2.24, 2.45) is 11.8 Å². The molecule has 0 saturated heterocycles. The molecule has 0 amide bonds. The van der Waals surface area contributed by atoms with Crippen LogP contribution in [-0.2, 0) is 6.54 Å². The maximum Gasteiger partial charge on any atom is 0.269 e. The third kappa shape index (κ3) is 2.50. The van der Waals surface area contributed by atoms with E-state index in [2.05, 4.69) is 11.9 Å². The summed E-state index contributed by atoms with van der Waals surface area (Å²) in [7, 11) is 2.19. The van der Waals surface area contributed by atoms with Gasteiger partial charge in [0.15, 0.2) is 0 Å². The van der Waals surface area contributed by atoms with Crippen LogP contribution < -0.4 is 0 Å². The fourth-order valence-corrected chi connectivity index (χ4v) is 3.88. The number of fused-ring (bicyclic) bond motifs is 2. The van der Waals surface area contributed by atoms with E-state index in [4.69, 9.17) is 0 Å². The van der Waals surface area contributed by atoms with Gasteiger partial charge in [-0.1, -0.05) is 18.6 Å². The van der Waals surface area contributed by atoms with Gasteiger partial charge in [-0.15, -0.1) is 0 Å². The molecule has 2 aliphatic carbocycles. The molecule has 0 aromatic heterocycles. The van der Waals surface area contributed by atoms with E-state index >= 15 is 0 Å². The third-order valence-electron chi connectivity index (χ3n) is 4.85. The number of benzene rings is 1. The summed E-state index contributed by atoms with van der Waals surface area (Å²) in [6.45, 7) is 0.895. The predicted molar refractivity (Wildman–Crippen MR) is 73.8 cm³/mol. The Labute approximate surface area is 113 Å². The SMILES string of the molecule is CN(Cc1ccc([N+](=O)[O-])cc1)C1CC2CCC1C2. The van der Waals surface area contributed by atoms with E-state index in [0.717, 1.165) is 23.9 Å². The first-order valence-corrected chi connectivity index (χ1v) is 7.07. The minimum atomic E-state index is -0.344. The largest absolute Gasteiger partial charge is 0.299 e. The predicted octanol–water partition coefficient (Wildman–Crippen LogP) is 3.22. The topological polar surface area (TPSA) is 46.4 Å². The highest BCUT2D eigenvalue weighted by atomic mass is 16.6. The lowest BCUT2D eigenvalue weighted by atomic mass is 9.94. The molecule has 2 fully saturated rings. The molecule has 0 spiro atoms. The van der Waals surface area contributed by atoms with Crippen LogP contribution in [0.15, 0.2) is 24.3 Å². The standard InChI is InChI=1S/C15H20N2O2/c1-16(15-9-12-2-5-13(15)8-12)10-11-3-6-14(7-4-11)17(18)19/h3-4,6-7,12-13,15H,2,5,8-10H2,1H3. The number of hydrogen-bond acceptors (Lipinski definition) is 3. The quantitative estimate of drug-likeness (QED) is 0.617. The van der Waals surface area contributed by atoms with Crippen molar-refractivity contribution in [2.45, 2.75) is 38.3 Å². The summed E-state index contributed by atoms with van der Waals surface area (Å²) in [5.41, 5.74) is 1.34. The molecule has 0 N–H and O–H groups in total. The Bertz CT molecular complexity index is 472. The Morgan fingerprint density at radius 1 is 1.26 bits per heavy atom. The van der Waals surface area contributed by atoms with Gasteiger partial charge in [-0.25, -0.2) is 0 Å². The molecule has 3 unspecified atom stereocenters. The zero-order chi connectivity index (χ0) is 13.4. The van der Waals surface area contributed by atoms with Crippen LogP contribution in [0.25, 0.3) is 0 Å². The Morgan fingerprint density at radius 3 is 2.53 bits per heavy atom. The molecule has 0 aliphatic heterocycles. The van der Waals surface area contributed by atoms with Crippen LogP contribution in [0.4, 0.5) is 5.69 Å². The number of non-ortho nitro benzene ring substituents is 1. The molecular formula is C15H20N2O2. The van der Waals surface area contributed by atoms with Gasteiger partial charge in [0.25, 0.3) is 5.69 Å². The van der Waals surface area contributed by atoms with Gasteiger partial charge in [0, 0.05) is 24.7 Å². The fraction of sp³-hybridized carbons (Fsp3) is 0.600.